The van der Waals surface area contributed by atoms with Gasteiger partial charge in [-0.05, 0) is 6.92 Å². The van der Waals surface area contributed by atoms with Crippen LogP contribution in [0.4, 0.5) is 0 Å². The van der Waals surface area contributed by atoms with Crippen LogP contribution in [0.1, 0.15) is 6.92 Å². The Balaban J connectivity index is 4.04. The lowest BCUT2D eigenvalue weighted by atomic mass is 10.3. The summed E-state index contributed by atoms with van der Waals surface area (Å²) in [4.78, 5) is 16.4. The van der Waals surface area contributed by atoms with E-state index in [-0.39, 0.29) is 17.9 Å². The number of carbonyl (C=O) groups excluding carboxylic acids is 1. The SMILES string of the molecule is CN=C(N)NC(C)C(=O)N(C)C. The van der Waals surface area contributed by atoms with Crippen LogP contribution in [0.3, 0.4) is 0 Å². The molecule has 5 heteroatoms. The van der Waals surface area contributed by atoms with E-state index in [1.165, 1.54) is 4.90 Å². The van der Waals surface area contributed by atoms with Crippen molar-refractivity contribution < 1.29 is 4.79 Å². The lowest BCUT2D eigenvalue weighted by Crippen LogP contribution is -2.47. The lowest BCUT2D eigenvalue weighted by molar-refractivity contribution is -0.130. The third kappa shape index (κ3) is 3.23. The standard InChI is InChI=1S/C7H16N4O/c1-5(6(12)11(3)4)10-7(8)9-2/h5H,1-4H3,(H3,8,9,10). The molecule has 0 saturated heterocycles. The minimum atomic E-state index is -0.330. The van der Waals surface area contributed by atoms with E-state index in [0.29, 0.717) is 0 Å². The maximum atomic E-state index is 11.2. The van der Waals surface area contributed by atoms with Crippen LogP contribution in [0.15, 0.2) is 4.99 Å². The maximum Gasteiger partial charge on any atom is 0.244 e. The van der Waals surface area contributed by atoms with Gasteiger partial charge in [0.25, 0.3) is 0 Å². The summed E-state index contributed by atoms with van der Waals surface area (Å²) in [6, 6.07) is -0.330. The highest BCUT2D eigenvalue weighted by Gasteiger charge is 2.14. The highest BCUT2D eigenvalue weighted by molar-refractivity contribution is 5.87. The van der Waals surface area contributed by atoms with Crippen LogP contribution in [0.5, 0.6) is 0 Å². The van der Waals surface area contributed by atoms with E-state index in [0.717, 1.165) is 0 Å². The van der Waals surface area contributed by atoms with Gasteiger partial charge in [-0.2, -0.15) is 0 Å². The van der Waals surface area contributed by atoms with Crippen molar-refractivity contribution in [3.63, 3.8) is 0 Å². The van der Waals surface area contributed by atoms with Crippen molar-refractivity contribution in [3.05, 3.63) is 0 Å². The van der Waals surface area contributed by atoms with E-state index < -0.39 is 0 Å². The van der Waals surface area contributed by atoms with Crippen molar-refractivity contribution in [2.75, 3.05) is 21.1 Å². The summed E-state index contributed by atoms with van der Waals surface area (Å²) < 4.78 is 0. The molecule has 0 fully saturated rings. The van der Waals surface area contributed by atoms with Crippen LogP contribution in [0, 0.1) is 0 Å². The first-order valence-electron chi connectivity index (χ1n) is 3.69. The van der Waals surface area contributed by atoms with Gasteiger partial charge in [0.2, 0.25) is 5.91 Å². The minimum Gasteiger partial charge on any atom is -0.370 e. The number of likely N-dealkylation sites (N-methyl/N-ethyl adjacent to an activating group) is 1. The summed E-state index contributed by atoms with van der Waals surface area (Å²) in [7, 11) is 4.95. The summed E-state index contributed by atoms with van der Waals surface area (Å²) in [5.74, 6) is 0.249. The molecule has 1 amide bonds. The smallest absolute Gasteiger partial charge is 0.244 e. The Morgan fingerprint density at radius 1 is 1.58 bits per heavy atom. The van der Waals surface area contributed by atoms with E-state index in [1.54, 1.807) is 28.1 Å². The summed E-state index contributed by atoms with van der Waals surface area (Å²) >= 11 is 0. The highest BCUT2D eigenvalue weighted by atomic mass is 16.2. The van der Waals surface area contributed by atoms with E-state index in [4.69, 9.17) is 5.73 Å². The summed E-state index contributed by atoms with van der Waals surface area (Å²) in [5.41, 5.74) is 5.38. The first kappa shape index (κ1) is 10.7. The van der Waals surface area contributed by atoms with Crippen molar-refractivity contribution in [1.82, 2.24) is 10.2 Å². The molecule has 12 heavy (non-hydrogen) atoms. The largest absolute Gasteiger partial charge is 0.370 e. The zero-order valence-electron chi connectivity index (χ0n) is 7.96. The Kier molecular flexibility index (Phi) is 4.10. The molecule has 70 valence electrons. The predicted molar refractivity (Wildman–Crippen MR) is 48.8 cm³/mol. The fourth-order valence-electron chi connectivity index (χ4n) is 0.735. The fourth-order valence-corrected chi connectivity index (χ4v) is 0.735. The van der Waals surface area contributed by atoms with Crippen molar-refractivity contribution >= 4 is 11.9 Å². The Labute approximate surface area is 72.6 Å². The van der Waals surface area contributed by atoms with Crippen LogP contribution in [-0.2, 0) is 4.79 Å². The molecule has 1 unspecified atom stereocenters. The average molecular weight is 172 g/mol. The second kappa shape index (κ2) is 4.58. The monoisotopic (exact) mass is 172 g/mol. The molecule has 0 spiro atoms. The molecule has 1 atom stereocenters. The molecular formula is C7H16N4O. The van der Waals surface area contributed by atoms with Gasteiger partial charge < -0.3 is 16.0 Å². The lowest BCUT2D eigenvalue weighted by Gasteiger charge is -2.17. The van der Waals surface area contributed by atoms with Crippen LogP contribution in [0.2, 0.25) is 0 Å². The number of hydrogen-bond donors (Lipinski definition) is 2. The van der Waals surface area contributed by atoms with Crippen molar-refractivity contribution in [3.8, 4) is 0 Å². The number of hydrogen-bond acceptors (Lipinski definition) is 2. The molecule has 0 aliphatic rings. The highest BCUT2D eigenvalue weighted by Crippen LogP contribution is 1.87. The number of aliphatic imine (C=N–C) groups is 1. The Hall–Kier alpha value is -1.26. The van der Waals surface area contributed by atoms with Crippen LogP contribution in [-0.4, -0.2) is 44.0 Å². The summed E-state index contributed by atoms with van der Waals surface area (Å²) in [6.07, 6.45) is 0. The van der Waals surface area contributed by atoms with E-state index >= 15 is 0 Å². The zero-order valence-corrected chi connectivity index (χ0v) is 7.96. The molecular weight excluding hydrogens is 156 g/mol. The van der Waals surface area contributed by atoms with Crippen LogP contribution < -0.4 is 11.1 Å². The topological polar surface area (TPSA) is 70.7 Å². The predicted octanol–water partition coefficient (Wildman–Crippen LogP) is -1.00. The molecule has 3 N–H and O–H groups in total. The average Bonchev–Trinajstić information content (AvgIpc) is 2.02. The molecule has 0 saturated carbocycles. The number of nitrogens with zero attached hydrogens (tertiary/aromatic N) is 2. The fraction of sp³-hybridized carbons (Fsp3) is 0.714. The van der Waals surface area contributed by atoms with Gasteiger partial charge >= 0.3 is 0 Å². The van der Waals surface area contributed by atoms with Gasteiger partial charge in [0, 0.05) is 21.1 Å². The molecule has 0 bridgehead atoms. The van der Waals surface area contributed by atoms with E-state index in [9.17, 15) is 4.79 Å². The van der Waals surface area contributed by atoms with Crippen molar-refractivity contribution in [2.45, 2.75) is 13.0 Å². The third-order valence-corrected chi connectivity index (χ3v) is 1.42. The van der Waals surface area contributed by atoms with Crippen molar-refractivity contribution in [2.24, 2.45) is 10.7 Å². The number of nitrogens with two attached hydrogens (primary N) is 1. The first-order chi connectivity index (χ1) is 5.49. The molecule has 0 aromatic heterocycles. The molecule has 0 rings (SSSR count). The second-order valence-corrected chi connectivity index (χ2v) is 2.71. The molecule has 0 aromatic rings. The van der Waals surface area contributed by atoms with E-state index in [2.05, 4.69) is 10.3 Å². The number of amides is 1. The molecule has 0 aliphatic carbocycles. The number of guanidine groups is 1. The number of rotatable bonds is 2. The van der Waals surface area contributed by atoms with Gasteiger partial charge in [0.15, 0.2) is 5.96 Å². The van der Waals surface area contributed by atoms with Crippen molar-refractivity contribution in [1.29, 1.82) is 0 Å². The summed E-state index contributed by atoms with van der Waals surface area (Å²) in [5, 5.41) is 2.75. The molecule has 0 aliphatic heterocycles. The van der Waals surface area contributed by atoms with Gasteiger partial charge in [-0.25, -0.2) is 0 Å². The van der Waals surface area contributed by atoms with Gasteiger partial charge in [0.1, 0.15) is 6.04 Å². The third-order valence-electron chi connectivity index (χ3n) is 1.42. The molecule has 0 aromatic carbocycles. The van der Waals surface area contributed by atoms with Crippen LogP contribution >= 0.6 is 0 Å². The molecule has 0 heterocycles. The Bertz CT molecular complexity index is 188. The first-order valence-corrected chi connectivity index (χ1v) is 3.69. The normalized spacial score (nSPS) is 13.8. The number of nitrogens with one attached hydrogen (secondary N) is 1. The zero-order chi connectivity index (χ0) is 9.72. The molecule has 0 radical (unpaired) electrons. The summed E-state index contributed by atoms with van der Waals surface area (Å²) in [6.45, 7) is 1.74. The quantitative estimate of drug-likeness (QED) is 0.414. The van der Waals surface area contributed by atoms with Gasteiger partial charge in [-0.15, -0.1) is 0 Å². The Morgan fingerprint density at radius 2 is 2.08 bits per heavy atom. The number of carbonyl (C=O) groups is 1. The van der Waals surface area contributed by atoms with Gasteiger partial charge in [-0.3, -0.25) is 9.79 Å². The Morgan fingerprint density at radius 3 is 2.42 bits per heavy atom. The van der Waals surface area contributed by atoms with Crippen LogP contribution in [0.25, 0.3) is 0 Å². The van der Waals surface area contributed by atoms with E-state index in [1.807, 2.05) is 0 Å². The van der Waals surface area contributed by atoms with Gasteiger partial charge in [0.05, 0.1) is 0 Å². The van der Waals surface area contributed by atoms with Gasteiger partial charge in [-0.1, -0.05) is 0 Å². The molecule has 5 nitrogen and oxygen atoms in total. The maximum absolute atomic E-state index is 11.2. The second-order valence-electron chi connectivity index (χ2n) is 2.71. The minimum absolute atomic E-state index is 0.0263.